The Morgan fingerprint density at radius 1 is 0.750 bits per heavy atom. The first-order chi connectivity index (χ1) is 13.4. The molecule has 5 heteroatoms. The van der Waals surface area contributed by atoms with Crippen LogP contribution < -0.4 is 4.72 Å². The highest BCUT2D eigenvalue weighted by molar-refractivity contribution is 7.85. The van der Waals surface area contributed by atoms with Crippen molar-refractivity contribution in [1.82, 2.24) is 4.72 Å². The van der Waals surface area contributed by atoms with Crippen molar-refractivity contribution in [1.29, 1.82) is 0 Å². The molecule has 3 aromatic rings. The van der Waals surface area contributed by atoms with Crippen LogP contribution in [0.1, 0.15) is 23.6 Å². The van der Waals surface area contributed by atoms with Crippen molar-refractivity contribution in [2.24, 2.45) is 0 Å². The van der Waals surface area contributed by atoms with Gasteiger partial charge in [-0.1, -0.05) is 65.7 Å². The lowest BCUT2D eigenvalue weighted by molar-refractivity contribution is 0.499. The lowest BCUT2D eigenvalue weighted by Gasteiger charge is -2.30. The maximum atomic E-state index is 13.1. The number of hydrogen-bond donors (Lipinski definition) is 1. The highest BCUT2D eigenvalue weighted by Gasteiger charge is 2.31. The minimum atomic E-state index is -1.42. The summed E-state index contributed by atoms with van der Waals surface area (Å²) in [5, 5.41) is 0. The predicted octanol–water partition coefficient (Wildman–Crippen LogP) is 4.64. The van der Waals surface area contributed by atoms with Crippen LogP contribution in [0.3, 0.4) is 0 Å². The van der Waals surface area contributed by atoms with E-state index >= 15 is 0 Å². The highest BCUT2D eigenvalue weighted by Crippen LogP contribution is 2.26. The lowest BCUT2D eigenvalue weighted by atomic mass is 9.96. The minimum absolute atomic E-state index is 0.317. The third-order valence-corrected chi connectivity index (χ3v) is 7.64. The molecule has 0 saturated carbocycles. The van der Waals surface area contributed by atoms with Crippen LogP contribution in [0.15, 0.2) is 88.7 Å². The smallest absolute Gasteiger partial charge is 0.125 e. The molecule has 0 radical (unpaired) electrons. The molecule has 0 amide bonds. The van der Waals surface area contributed by atoms with E-state index in [0.29, 0.717) is 10.6 Å². The molecule has 0 aromatic heterocycles. The molecule has 3 rings (SSSR count). The first kappa shape index (κ1) is 20.6. The summed E-state index contributed by atoms with van der Waals surface area (Å²) < 4.78 is 29.3. The number of benzene rings is 3. The fourth-order valence-corrected chi connectivity index (χ4v) is 5.50. The van der Waals surface area contributed by atoms with Crippen LogP contribution >= 0.6 is 0 Å². The molecule has 0 spiro atoms. The zero-order valence-electron chi connectivity index (χ0n) is 16.3. The molecule has 28 heavy (non-hydrogen) atoms. The van der Waals surface area contributed by atoms with E-state index in [1.165, 1.54) is 0 Å². The van der Waals surface area contributed by atoms with Gasteiger partial charge in [0.25, 0.3) is 0 Å². The lowest BCUT2D eigenvalue weighted by Crippen LogP contribution is -2.45. The van der Waals surface area contributed by atoms with E-state index in [1.807, 2.05) is 99.6 Å². The second-order valence-electron chi connectivity index (χ2n) is 7.18. The van der Waals surface area contributed by atoms with Gasteiger partial charge < -0.3 is 0 Å². The second kappa shape index (κ2) is 8.95. The van der Waals surface area contributed by atoms with Gasteiger partial charge in [0.2, 0.25) is 0 Å². The maximum absolute atomic E-state index is 13.1. The van der Waals surface area contributed by atoms with Crippen LogP contribution in [0.25, 0.3) is 0 Å². The Bertz CT molecular complexity index is 908. The Morgan fingerprint density at radius 2 is 1.25 bits per heavy atom. The number of rotatable bonds is 7. The van der Waals surface area contributed by atoms with Crippen LogP contribution in [0.5, 0.6) is 0 Å². The van der Waals surface area contributed by atoms with Gasteiger partial charge in [0.05, 0.1) is 27.0 Å². The van der Waals surface area contributed by atoms with Crippen LogP contribution in [-0.2, 0) is 27.3 Å². The van der Waals surface area contributed by atoms with Crippen molar-refractivity contribution < 1.29 is 8.42 Å². The molecule has 146 valence electrons. The number of hydrogen-bond acceptors (Lipinski definition) is 2. The molecular weight excluding hydrogens is 386 g/mol. The minimum Gasteiger partial charge on any atom is -0.254 e. The molecule has 1 N–H and O–H groups in total. The molecule has 0 aliphatic heterocycles. The Morgan fingerprint density at radius 3 is 1.79 bits per heavy atom. The Labute approximate surface area is 172 Å². The van der Waals surface area contributed by atoms with E-state index in [-0.39, 0.29) is 0 Å². The first-order valence-corrected chi connectivity index (χ1v) is 11.6. The summed E-state index contributed by atoms with van der Waals surface area (Å²) in [6, 6.07) is 25.1. The normalized spacial score (nSPS) is 15.5. The predicted molar refractivity (Wildman–Crippen MR) is 117 cm³/mol. The van der Waals surface area contributed by atoms with Gasteiger partial charge in [-0.15, -0.1) is 0 Å². The summed E-state index contributed by atoms with van der Waals surface area (Å²) in [7, 11) is -2.66. The monoisotopic (exact) mass is 411 g/mol. The summed E-state index contributed by atoms with van der Waals surface area (Å²) in [5.74, 6) is 0.317. The summed E-state index contributed by atoms with van der Waals surface area (Å²) in [4.78, 5) is 1.48. The van der Waals surface area contributed by atoms with Crippen LogP contribution in [0.2, 0.25) is 0 Å². The van der Waals surface area contributed by atoms with E-state index in [4.69, 9.17) is 0 Å². The van der Waals surface area contributed by atoms with Crippen molar-refractivity contribution in [2.45, 2.75) is 36.1 Å². The molecule has 3 atom stereocenters. The van der Waals surface area contributed by atoms with Crippen LogP contribution in [0.4, 0.5) is 0 Å². The van der Waals surface area contributed by atoms with E-state index < -0.39 is 27.3 Å². The number of nitrogens with one attached hydrogen (secondary N) is 1. The number of aryl methyl sites for hydroxylation is 2. The van der Waals surface area contributed by atoms with Gasteiger partial charge in [-0.2, -0.15) is 0 Å². The third-order valence-electron chi connectivity index (χ3n) is 4.67. The van der Waals surface area contributed by atoms with Crippen molar-refractivity contribution in [2.75, 3.05) is 5.75 Å². The van der Waals surface area contributed by atoms with Gasteiger partial charge in [-0.25, -0.2) is 8.93 Å². The first-order valence-electron chi connectivity index (χ1n) is 9.14. The van der Waals surface area contributed by atoms with E-state index in [9.17, 15) is 8.42 Å². The van der Waals surface area contributed by atoms with Crippen molar-refractivity contribution >= 4 is 21.8 Å². The molecule has 0 unspecified atom stereocenters. The standard InChI is InChI=1S/C23H25NO2S2/c1-18-9-13-21(14-10-18)27(25)17-23(3,20-7-5-4-6-8-20)24-28(26)22-15-11-19(2)12-16-22/h4-16,24H,17H2,1-3H3/t23-,27+,28-/m1/s1. The van der Waals surface area contributed by atoms with Crippen molar-refractivity contribution in [3.8, 4) is 0 Å². The molecule has 0 fully saturated rings. The Hall–Kier alpha value is -2.08. The molecule has 3 nitrogen and oxygen atoms in total. The topological polar surface area (TPSA) is 46.2 Å². The van der Waals surface area contributed by atoms with Crippen LogP contribution in [0, 0.1) is 13.8 Å². The average Bonchev–Trinajstić information content (AvgIpc) is 2.69. The molecule has 0 heterocycles. The van der Waals surface area contributed by atoms with Gasteiger partial charge in [0.1, 0.15) is 11.0 Å². The largest absolute Gasteiger partial charge is 0.254 e. The summed E-state index contributed by atoms with van der Waals surface area (Å²) in [6.45, 7) is 5.96. The SMILES string of the molecule is Cc1ccc([S@@](=O)C[C@@](C)(N[S@](=O)c2ccc(C)cc2)c2ccccc2)cc1. The second-order valence-corrected chi connectivity index (χ2v) is 9.85. The quantitative estimate of drug-likeness (QED) is 0.616. The maximum Gasteiger partial charge on any atom is 0.125 e. The summed E-state index contributed by atoms with van der Waals surface area (Å²) >= 11 is 0. The van der Waals surface area contributed by atoms with E-state index in [0.717, 1.165) is 21.6 Å². The van der Waals surface area contributed by atoms with Crippen molar-refractivity contribution in [3.63, 3.8) is 0 Å². The molecule has 0 aliphatic carbocycles. The van der Waals surface area contributed by atoms with E-state index in [2.05, 4.69) is 4.72 Å². The Kier molecular flexibility index (Phi) is 6.60. The summed E-state index contributed by atoms with van der Waals surface area (Å²) in [5.41, 5.74) is 2.49. The molecule has 0 saturated heterocycles. The molecule has 0 bridgehead atoms. The van der Waals surface area contributed by atoms with Gasteiger partial charge >= 0.3 is 0 Å². The average molecular weight is 412 g/mol. The fourth-order valence-electron chi connectivity index (χ4n) is 2.94. The van der Waals surface area contributed by atoms with Gasteiger partial charge in [-0.05, 0) is 50.6 Å². The van der Waals surface area contributed by atoms with Gasteiger partial charge in [0, 0.05) is 4.90 Å². The summed E-state index contributed by atoms with van der Waals surface area (Å²) in [6.07, 6.45) is 0. The van der Waals surface area contributed by atoms with Gasteiger partial charge in [-0.3, -0.25) is 4.21 Å². The molecule has 3 aromatic carbocycles. The van der Waals surface area contributed by atoms with E-state index in [1.54, 1.807) is 0 Å². The zero-order valence-corrected chi connectivity index (χ0v) is 18.0. The molecular formula is C23H25NO2S2. The Balaban J connectivity index is 1.89. The van der Waals surface area contributed by atoms with Crippen LogP contribution in [-0.4, -0.2) is 14.2 Å². The van der Waals surface area contributed by atoms with Gasteiger partial charge in [0.15, 0.2) is 0 Å². The highest BCUT2D eigenvalue weighted by atomic mass is 32.2. The fraction of sp³-hybridized carbons (Fsp3) is 0.217. The van der Waals surface area contributed by atoms with Crippen molar-refractivity contribution in [3.05, 3.63) is 95.6 Å². The third kappa shape index (κ3) is 5.04. The molecule has 0 aliphatic rings. The zero-order chi connectivity index (χ0) is 20.1.